The van der Waals surface area contributed by atoms with Gasteiger partial charge in [-0.15, -0.1) is 0 Å². The first kappa shape index (κ1) is 27.3. The smallest absolute Gasteiger partial charge is 0.364 e. The minimum absolute atomic E-state index is 0.00697. The maximum atomic E-state index is 13.9. The van der Waals surface area contributed by atoms with E-state index in [1.54, 1.807) is 12.1 Å². The number of hydrogen-bond donors (Lipinski definition) is 2. The van der Waals surface area contributed by atoms with Crippen molar-refractivity contribution in [2.24, 2.45) is 5.73 Å². The van der Waals surface area contributed by atoms with Gasteiger partial charge in [-0.2, -0.15) is 18.3 Å². The molecule has 4 aromatic rings. The first-order chi connectivity index (χ1) is 17.6. The van der Waals surface area contributed by atoms with Crippen LogP contribution in [0.4, 0.5) is 18.9 Å². The highest BCUT2D eigenvalue weighted by Gasteiger charge is 2.39. The topological polar surface area (TPSA) is 137 Å². The third-order valence-corrected chi connectivity index (χ3v) is 7.29. The highest BCUT2D eigenvalue weighted by atomic mass is 79.9. The van der Waals surface area contributed by atoms with Gasteiger partial charge in [0.1, 0.15) is 5.69 Å². The van der Waals surface area contributed by atoms with Crippen molar-refractivity contribution in [2.75, 3.05) is 11.6 Å². The number of nitrogens with zero attached hydrogens (tertiary/aromatic N) is 3. The number of nitrogens with one attached hydrogen (secondary N) is 1. The Hall–Kier alpha value is -3.78. The zero-order valence-corrected chi connectivity index (χ0v) is 22.2. The number of halogens is 4. The second kappa shape index (κ2) is 9.83. The summed E-state index contributed by atoms with van der Waals surface area (Å²) in [6.07, 6.45) is -3.86. The molecule has 3 N–H and O–H groups in total. The van der Waals surface area contributed by atoms with Gasteiger partial charge in [-0.3, -0.25) is 14.3 Å². The van der Waals surface area contributed by atoms with E-state index in [0.717, 1.165) is 17.0 Å². The predicted molar refractivity (Wildman–Crippen MR) is 137 cm³/mol. The molecule has 2 amide bonds. The molecule has 2 aromatic carbocycles. The lowest BCUT2D eigenvalue weighted by atomic mass is 10.1. The molecule has 4 rings (SSSR count). The average molecular weight is 610 g/mol. The second-order valence-electron chi connectivity index (χ2n) is 8.42. The number of nitrogens with two attached hydrogens (primary N) is 1. The zero-order chi connectivity index (χ0) is 28.0. The largest absolute Gasteiger partial charge is 0.437 e. The molecule has 38 heavy (non-hydrogen) atoms. The molecule has 0 fully saturated rings. The molecule has 0 aliphatic heterocycles. The van der Waals surface area contributed by atoms with Gasteiger partial charge in [0.05, 0.1) is 33.9 Å². The Kier molecular flexibility index (Phi) is 7.05. The van der Waals surface area contributed by atoms with E-state index in [-0.39, 0.29) is 39.3 Å². The summed E-state index contributed by atoms with van der Waals surface area (Å²) in [6.45, 7) is 1.24. The summed E-state index contributed by atoms with van der Waals surface area (Å²) >= 11 is 3.28. The van der Waals surface area contributed by atoms with E-state index in [2.05, 4.69) is 31.3 Å². The van der Waals surface area contributed by atoms with Gasteiger partial charge in [-0.25, -0.2) is 13.4 Å². The number of pyridine rings is 1. The van der Waals surface area contributed by atoms with Crippen LogP contribution in [-0.2, 0) is 22.6 Å². The Balaban J connectivity index is 1.75. The molecule has 0 saturated heterocycles. The number of aromatic nitrogens is 3. The number of fused-ring (bicyclic) bond motifs is 1. The summed E-state index contributed by atoms with van der Waals surface area (Å²) in [5, 5.41) is 6.26. The molecule has 0 spiro atoms. The first-order valence-corrected chi connectivity index (χ1v) is 13.5. The molecule has 2 aromatic heterocycles. The SMILES string of the molecule is Cc1c(NC(=O)c2cc(C(N)=O)nc3ccc(Br)cc23)c(C(F)(F)F)nn1Cc1ccc(S(C)(=O)=O)cc1. The quantitative estimate of drug-likeness (QED) is 0.334. The van der Waals surface area contributed by atoms with Crippen LogP contribution in [0, 0.1) is 6.92 Å². The number of alkyl halides is 3. The molecule has 0 bridgehead atoms. The first-order valence-electron chi connectivity index (χ1n) is 10.8. The van der Waals surface area contributed by atoms with Crippen molar-refractivity contribution in [3.05, 3.63) is 81.2 Å². The van der Waals surface area contributed by atoms with E-state index < -0.39 is 39.2 Å². The number of sulfone groups is 1. The molecule has 0 radical (unpaired) electrons. The lowest BCUT2D eigenvalue weighted by molar-refractivity contribution is -0.140. The van der Waals surface area contributed by atoms with Gasteiger partial charge >= 0.3 is 6.18 Å². The highest BCUT2D eigenvalue weighted by Crippen LogP contribution is 2.36. The van der Waals surface area contributed by atoms with Crippen LogP contribution in [0.3, 0.4) is 0 Å². The number of hydrogen-bond acceptors (Lipinski definition) is 6. The normalized spacial score (nSPS) is 12.1. The van der Waals surface area contributed by atoms with Gasteiger partial charge in [0, 0.05) is 16.1 Å². The standard InChI is InChI=1S/C24H19BrF3N5O4S/c1-12-20(31-23(35)17-10-19(22(29)34)30-18-8-5-14(25)9-16(17)18)21(24(26,27)28)32-33(12)11-13-3-6-15(7-4-13)38(2,36)37/h3-10H,11H2,1-2H3,(H2,29,34)(H,31,35). The number of benzene rings is 2. The molecule has 0 aliphatic rings. The van der Waals surface area contributed by atoms with Crippen molar-refractivity contribution in [2.45, 2.75) is 24.5 Å². The number of carbonyl (C=O) groups is 2. The third-order valence-electron chi connectivity index (χ3n) is 5.67. The zero-order valence-electron chi connectivity index (χ0n) is 19.8. The Morgan fingerprint density at radius 1 is 1.11 bits per heavy atom. The molecule has 14 heteroatoms. The maximum Gasteiger partial charge on any atom is 0.437 e. The summed E-state index contributed by atoms with van der Waals surface area (Å²) in [5.41, 5.74) is 3.86. The summed E-state index contributed by atoms with van der Waals surface area (Å²) in [4.78, 5) is 29.2. The molecule has 9 nitrogen and oxygen atoms in total. The van der Waals surface area contributed by atoms with Crippen LogP contribution in [0.15, 0.2) is 57.9 Å². The number of rotatable bonds is 6. The van der Waals surface area contributed by atoms with Crippen molar-refractivity contribution in [3.8, 4) is 0 Å². The van der Waals surface area contributed by atoms with Gasteiger partial charge in [0.15, 0.2) is 15.5 Å². The number of carbonyl (C=O) groups excluding carboxylic acids is 2. The fourth-order valence-electron chi connectivity index (χ4n) is 3.76. The van der Waals surface area contributed by atoms with Crippen LogP contribution in [-0.4, -0.2) is 41.3 Å². The van der Waals surface area contributed by atoms with Crippen LogP contribution < -0.4 is 11.1 Å². The summed E-state index contributed by atoms with van der Waals surface area (Å²) in [7, 11) is -3.44. The minimum atomic E-state index is -4.90. The molecular weight excluding hydrogens is 591 g/mol. The van der Waals surface area contributed by atoms with Gasteiger partial charge in [-0.05, 0) is 48.9 Å². The molecule has 198 valence electrons. The summed E-state index contributed by atoms with van der Waals surface area (Å²) in [5.74, 6) is -1.84. The van der Waals surface area contributed by atoms with E-state index in [1.807, 2.05) is 0 Å². The Morgan fingerprint density at radius 2 is 1.76 bits per heavy atom. The molecule has 0 aliphatic carbocycles. The fourth-order valence-corrected chi connectivity index (χ4v) is 4.75. The van der Waals surface area contributed by atoms with Crippen molar-refractivity contribution in [1.29, 1.82) is 0 Å². The Labute approximate surface area is 222 Å². The predicted octanol–water partition coefficient (Wildman–Crippen LogP) is 4.32. The van der Waals surface area contributed by atoms with Crippen LogP contribution in [0.25, 0.3) is 10.9 Å². The Morgan fingerprint density at radius 3 is 2.34 bits per heavy atom. The van der Waals surface area contributed by atoms with Crippen molar-refractivity contribution in [3.63, 3.8) is 0 Å². The molecular formula is C24H19BrF3N5O4S. The highest BCUT2D eigenvalue weighted by molar-refractivity contribution is 9.10. The van der Waals surface area contributed by atoms with E-state index >= 15 is 0 Å². The molecule has 0 unspecified atom stereocenters. The second-order valence-corrected chi connectivity index (χ2v) is 11.3. The van der Waals surface area contributed by atoms with Gasteiger partial charge in [0.2, 0.25) is 0 Å². The van der Waals surface area contributed by atoms with Crippen molar-refractivity contribution in [1.82, 2.24) is 14.8 Å². The van der Waals surface area contributed by atoms with E-state index in [9.17, 15) is 31.2 Å². The Bertz CT molecular complexity index is 1700. The monoisotopic (exact) mass is 609 g/mol. The van der Waals surface area contributed by atoms with Gasteiger partial charge in [0.25, 0.3) is 11.8 Å². The minimum Gasteiger partial charge on any atom is -0.364 e. The lowest BCUT2D eigenvalue weighted by Gasteiger charge is -2.12. The van der Waals surface area contributed by atoms with Crippen LogP contribution in [0.1, 0.15) is 37.8 Å². The van der Waals surface area contributed by atoms with E-state index in [4.69, 9.17) is 5.73 Å². The summed E-state index contributed by atoms with van der Waals surface area (Å²) in [6, 6.07) is 11.4. The number of amides is 2. The summed E-state index contributed by atoms with van der Waals surface area (Å²) < 4.78 is 66.8. The lowest BCUT2D eigenvalue weighted by Crippen LogP contribution is -2.19. The van der Waals surface area contributed by atoms with Gasteiger partial charge in [-0.1, -0.05) is 28.1 Å². The van der Waals surface area contributed by atoms with Crippen LogP contribution in [0.2, 0.25) is 0 Å². The number of anilines is 1. The molecule has 2 heterocycles. The average Bonchev–Trinajstić information content (AvgIpc) is 3.13. The van der Waals surface area contributed by atoms with E-state index in [0.29, 0.717) is 10.0 Å². The number of primary amides is 1. The fraction of sp³-hybridized carbons (Fsp3) is 0.167. The molecule has 0 atom stereocenters. The van der Waals surface area contributed by atoms with E-state index in [1.165, 1.54) is 37.3 Å². The van der Waals surface area contributed by atoms with Crippen molar-refractivity contribution >= 4 is 54.2 Å². The molecule has 0 saturated carbocycles. The van der Waals surface area contributed by atoms with Crippen LogP contribution >= 0.6 is 15.9 Å². The van der Waals surface area contributed by atoms with Gasteiger partial charge < -0.3 is 11.1 Å². The van der Waals surface area contributed by atoms with Crippen molar-refractivity contribution < 1.29 is 31.2 Å². The van der Waals surface area contributed by atoms with Crippen LogP contribution in [0.5, 0.6) is 0 Å². The third kappa shape index (κ3) is 5.55. The maximum absolute atomic E-state index is 13.9.